The summed E-state index contributed by atoms with van der Waals surface area (Å²) in [6.45, 7) is 5.59. The normalized spacial score (nSPS) is 16.2. The number of ether oxygens (including phenoxy) is 3. The maximum atomic E-state index is 10.2. The van der Waals surface area contributed by atoms with Gasteiger partial charge in [0.25, 0.3) is 0 Å². The molecule has 0 aliphatic carbocycles. The van der Waals surface area contributed by atoms with Gasteiger partial charge in [-0.05, 0) is 40.1 Å². The highest BCUT2D eigenvalue weighted by Crippen LogP contribution is 2.28. The first-order valence-electron chi connectivity index (χ1n) is 9.24. The van der Waals surface area contributed by atoms with E-state index in [-0.39, 0.29) is 6.61 Å². The van der Waals surface area contributed by atoms with Crippen LogP contribution in [0.15, 0.2) is 35.0 Å². The number of morpholine rings is 1. The molecule has 2 aromatic rings. The van der Waals surface area contributed by atoms with Gasteiger partial charge in [-0.3, -0.25) is 4.90 Å². The van der Waals surface area contributed by atoms with Crippen molar-refractivity contribution in [2.24, 2.45) is 0 Å². The molecule has 1 fully saturated rings. The van der Waals surface area contributed by atoms with Gasteiger partial charge in [-0.2, -0.15) is 11.3 Å². The van der Waals surface area contributed by atoms with Crippen LogP contribution in [0.1, 0.15) is 11.1 Å². The van der Waals surface area contributed by atoms with E-state index >= 15 is 0 Å². The van der Waals surface area contributed by atoms with E-state index in [9.17, 15) is 5.11 Å². The maximum absolute atomic E-state index is 10.2. The minimum absolute atomic E-state index is 0.240. The lowest BCUT2D eigenvalue weighted by Crippen LogP contribution is -2.42. The van der Waals surface area contributed by atoms with Crippen LogP contribution in [0.2, 0.25) is 0 Å². The number of rotatable bonds is 10. The van der Waals surface area contributed by atoms with Crippen molar-refractivity contribution >= 4 is 11.3 Å². The van der Waals surface area contributed by atoms with E-state index in [1.54, 1.807) is 18.4 Å². The topological polar surface area (TPSA) is 63.2 Å². The molecule has 0 bridgehead atoms. The van der Waals surface area contributed by atoms with E-state index in [1.165, 1.54) is 5.56 Å². The highest BCUT2D eigenvalue weighted by Gasteiger charge is 2.16. The van der Waals surface area contributed by atoms with Crippen molar-refractivity contribution in [3.05, 3.63) is 46.2 Å². The SMILES string of the molecule is COc1cc(CNCc2ccsc2)ccc1OCC(O)CN1CCOCC1. The predicted octanol–water partition coefficient (Wildman–Crippen LogP) is 2.12. The first-order chi connectivity index (χ1) is 13.2. The highest BCUT2D eigenvalue weighted by molar-refractivity contribution is 7.07. The van der Waals surface area contributed by atoms with E-state index in [4.69, 9.17) is 14.2 Å². The third-order valence-corrected chi connectivity index (χ3v) is 5.20. The predicted molar refractivity (Wildman–Crippen MR) is 107 cm³/mol. The van der Waals surface area contributed by atoms with Gasteiger partial charge in [-0.25, -0.2) is 0 Å². The lowest BCUT2D eigenvalue weighted by molar-refractivity contribution is 0.00445. The molecule has 1 saturated heterocycles. The fourth-order valence-corrected chi connectivity index (χ4v) is 3.67. The largest absolute Gasteiger partial charge is 0.493 e. The van der Waals surface area contributed by atoms with Gasteiger partial charge in [-0.1, -0.05) is 6.07 Å². The molecule has 27 heavy (non-hydrogen) atoms. The van der Waals surface area contributed by atoms with E-state index in [0.29, 0.717) is 18.0 Å². The number of thiophene rings is 1. The number of hydrogen-bond donors (Lipinski definition) is 2. The fraction of sp³-hybridized carbons (Fsp3) is 0.500. The van der Waals surface area contributed by atoms with Gasteiger partial charge < -0.3 is 24.6 Å². The van der Waals surface area contributed by atoms with Gasteiger partial charge in [0.05, 0.1) is 20.3 Å². The van der Waals surface area contributed by atoms with Crippen molar-refractivity contribution in [3.8, 4) is 11.5 Å². The molecule has 0 radical (unpaired) electrons. The van der Waals surface area contributed by atoms with Crippen molar-refractivity contribution in [1.82, 2.24) is 10.2 Å². The quantitative estimate of drug-likeness (QED) is 0.646. The zero-order chi connectivity index (χ0) is 18.9. The van der Waals surface area contributed by atoms with E-state index in [2.05, 4.69) is 27.0 Å². The number of aliphatic hydroxyl groups is 1. The number of β-amino-alcohol motifs (C(OH)–C–C–N with tert-alkyl or cyclic N) is 1. The molecule has 0 spiro atoms. The Hall–Kier alpha value is -1.64. The number of nitrogens with one attached hydrogen (secondary N) is 1. The Labute approximate surface area is 164 Å². The first kappa shape index (κ1) is 20.1. The lowest BCUT2D eigenvalue weighted by Gasteiger charge is -2.28. The summed E-state index contributed by atoms with van der Waals surface area (Å²) in [6, 6.07) is 8.02. The minimum atomic E-state index is -0.542. The molecule has 6 nitrogen and oxygen atoms in total. The number of methoxy groups -OCH3 is 1. The number of benzene rings is 1. The van der Waals surface area contributed by atoms with Gasteiger partial charge in [-0.15, -0.1) is 0 Å². The first-order valence-corrected chi connectivity index (χ1v) is 10.2. The smallest absolute Gasteiger partial charge is 0.161 e. The summed E-state index contributed by atoms with van der Waals surface area (Å²) >= 11 is 1.71. The number of nitrogens with zero attached hydrogens (tertiary/aromatic N) is 1. The average molecular weight is 393 g/mol. The van der Waals surface area contributed by atoms with E-state index in [1.807, 2.05) is 18.2 Å². The van der Waals surface area contributed by atoms with Crippen LogP contribution in [-0.2, 0) is 17.8 Å². The second kappa shape index (κ2) is 10.6. The van der Waals surface area contributed by atoms with Gasteiger partial charge in [0.1, 0.15) is 12.7 Å². The van der Waals surface area contributed by atoms with Gasteiger partial charge in [0, 0.05) is 32.7 Å². The zero-order valence-corrected chi connectivity index (χ0v) is 16.5. The standard InChI is InChI=1S/C20H28N2O4S/c1-24-20-10-16(11-21-12-17-4-9-27-15-17)2-3-19(20)26-14-18(23)13-22-5-7-25-8-6-22/h2-4,9-10,15,18,21,23H,5-8,11-14H2,1H3. The molecular formula is C20H28N2O4S. The lowest BCUT2D eigenvalue weighted by atomic mass is 10.2. The Morgan fingerprint density at radius 1 is 1.19 bits per heavy atom. The highest BCUT2D eigenvalue weighted by atomic mass is 32.1. The molecule has 1 aliphatic rings. The van der Waals surface area contributed by atoms with E-state index < -0.39 is 6.10 Å². The molecule has 2 heterocycles. The van der Waals surface area contributed by atoms with Crippen LogP contribution in [0, 0.1) is 0 Å². The monoisotopic (exact) mass is 392 g/mol. The molecule has 1 aromatic carbocycles. The second-order valence-electron chi connectivity index (χ2n) is 6.60. The molecule has 2 N–H and O–H groups in total. The molecule has 3 rings (SSSR count). The van der Waals surface area contributed by atoms with Crippen LogP contribution in [0.25, 0.3) is 0 Å². The molecule has 1 atom stereocenters. The zero-order valence-electron chi connectivity index (χ0n) is 15.7. The Balaban J connectivity index is 1.46. The molecule has 0 amide bonds. The third kappa shape index (κ3) is 6.48. The van der Waals surface area contributed by atoms with Gasteiger partial charge in [0.15, 0.2) is 11.5 Å². The third-order valence-electron chi connectivity index (χ3n) is 4.47. The van der Waals surface area contributed by atoms with Gasteiger partial charge in [0.2, 0.25) is 0 Å². The summed E-state index contributed by atoms with van der Waals surface area (Å²) in [5, 5.41) is 17.9. The van der Waals surface area contributed by atoms with E-state index in [0.717, 1.165) is 45.0 Å². The average Bonchev–Trinajstić information content (AvgIpc) is 3.21. The fourth-order valence-electron chi connectivity index (χ4n) is 3.01. The van der Waals surface area contributed by atoms with Crippen LogP contribution in [0.5, 0.6) is 11.5 Å². The number of hydrogen-bond acceptors (Lipinski definition) is 7. The Morgan fingerprint density at radius 3 is 2.74 bits per heavy atom. The summed E-state index contributed by atoms with van der Waals surface area (Å²) in [5.41, 5.74) is 2.42. The molecule has 1 aliphatic heterocycles. The Kier molecular flexibility index (Phi) is 7.92. The molecule has 0 saturated carbocycles. The van der Waals surface area contributed by atoms with Crippen LogP contribution in [0.4, 0.5) is 0 Å². The van der Waals surface area contributed by atoms with Crippen LogP contribution in [-0.4, -0.2) is 62.7 Å². The summed E-state index contributed by atoms with van der Waals surface area (Å²) < 4.78 is 16.6. The Morgan fingerprint density at radius 2 is 2.00 bits per heavy atom. The summed E-state index contributed by atoms with van der Waals surface area (Å²) in [5.74, 6) is 1.34. The number of aliphatic hydroxyl groups excluding tert-OH is 1. The molecule has 1 aromatic heterocycles. The Bertz CT molecular complexity index is 675. The molecule has 1 unspecified atom stereocenters. The van der Waals surface area contributed by atoms with Gasteiger partial charge >= 0.3 is 0 Å². The van der Waals surface area contributed by atoms with Crippen LogP contribution >= 0.6 is 11.3 Å². The van der Waals surface area contributed by atoms with Crippen molar-refractivity contribution in [1.29, 1.82) is 0 Å². The summed E-state index contributed by atoms with van der Waals surface area (Å²) in [6.07, 6.45) is -0.542. The molecule has 7 heteroatoms. The van der Waals surface area contributed by atoms with Crippen molar-refractivity contribution in [2.45, 2.75) is 19.2 Å². The summed E-state index contributed by atoms with van der Waals surface area (Å²) in [7, 11) is 1.63. The maximum Gasteiger partial charge on any atom is 0.161 e. The second-order valence-corrected chi connectivity index (χ2v) is 7.38. The van der Waals surface area contributed by atoms with Crippen molar-refractivity contribution < 1.29 is 19.3 Å². The van der Waals surface area contributed by atoms with Crippen molar-refractivity contribution in [3.63, 3.8) is 0 Å². The molecular weight excluding hydrogens is 364 g/mol. The molecule has 148 valence electrons. The van der Waals surface area contributed by atoms with Crippen LogP contribution in [0.3, 0.4) is 0 Å². The summed E-state index contributed by atoms with van der Waals surface area (Å²) in [4.78, 5) is 2.19. The minimum Gasteiger partial charge on any atom is -0.493 e. The van der Waals surface area contributed by atoms with Crippen molar-refractivity contribution in [2.75, 3.05) is 46.6 Å². The van der Waals surface area contributed by atoms with Crippen LogP contribution < -0.4 is 14.8 Å².